The molecule has 0 spiro atoms. The number of benzene rings is 2. The zero-order chi connectivity index (χ0) is 22.3. The summed E-state index contributed by atoms with van der Waals surface area (Å²) in [6.07, 6.45) is 0. The van der Waals surface area contributed by atoms with E-state index in [1.54, 1.807) is 38.1 Å². The second-order valence-electron chi connectivity index (χ2n) is 9.56. The van der Waals surface area contributed by atoms with Gasteiger partial charge in [0.1, 0.15) is 11.5 Å². The monoisotopic (exact) mass is 414 g/mol. The first kappa shape index (κ1) is 23.0. The fraction of sp³-hybridized carbons (Fsp3) is 0.417. The zero-order valence-electron chi connectivity index (χ0n) is 18.4. The fourth-order valence-corrected chi connectivity index (χ4v) is 3.78. The number of phenolic OH excluding ortho intramolecular Hbond substituents is 2. The number of thioether (sulfide) groups is 1. The number of carbonyl (C=O) groups is 2. The number of carbonyl (C=O) groups excluding carboxylic acids is 2. The van der Waals surface area contributed by atoms with Gasteiger partial charge in [-0.1, -0.05) is 41.5 Å². The normalized spacial score (nSPS) is 12.1. The van der Waals surface area contributed by atoms with Crippen LogP contribution in [-0.4, -0.2) is 20.4 Å². The molecule has 0 unspecified atom stereocenters. The zero-order valence-corrected chi connectivity index (χ0v) is 19.2. The van der Waals surface area contributed by atoms with Crippen LogP contribution in [0.25, 0.3) is 0 Å². The van der Waals surface area contributed by atoms with E-state index in [1.807, 2.05) is 41.5 Å². The van der Waals surface area contributed by atoms with Crippen molar-refractivity contribution >= 4 is 22.0 Å². The maximum absolute atomic E-state index is 12.8. The number of rotatable bonds is 2. The second kappa shape index (κ2) is 7.86. The van der Waals surface area contributed by atoms with Crippen LogP contribution in [0.3, 0.4) is 0 Å². The minimum Gasteiger partial charge on any atom is -0.507 e. The molecule has 0 aliphatic rings. The number of aromatic hydroxyl groups is 2. The molecule has 0 radical (unpaired) electrons. The summed E-state index contributed by atoms with van der Waals surface area (Å²) in [6, 6.07) is 6.53. The molecule has 0 atom stereocenters. The molecule has 29 heavy (non-hydrogen) atoms. The molecule has 0 aromatic heterocycles. The van der Waals surface area contributed by atoms with Crippen molar-refractivity contribution < 1.29 is 19.8 Å². The van der Waals surface area contributed by atoms with Crippen LogP contribution >= 0.6 is 11.8 Å². The third-order valence-electron chi connectivity index (χ3n) is 4.87. The van der Waals surface area contributed by atoms with Crippen LogP contribution in [0, 0.1) is 13.8 Å². The lowest BCUT2D eigenvalue weighted by atomic mass is 9.84. The summed E-state index contributed by atoms with van der Waals surface area (Å²) >= 11 is 0.632. The molecule has 0 aliphatic carbocycles. The standard InChI is InChI=1S/C24H30O4S/c1-13-9-15(11-17(19(13)25)23(3,4)5)21(27)29-22(28)16-10-14(2)20(26)18(12-16)24(6,7)8/h9-12,25-26H,1-8H3. The average molecular weight is 415 g/mol. The molecule has 0 saturated heterocycles. The van der Waals surface area contributed by atoms with Crippen LogP contribution in [0.15, 0.2) is 24.3 Å². The Balaban J connectivity index is 2.39. The van der Waals surface area contributed by atoms with Gasteiger partial charge in [0, 0.05) is 22.3 Å². The smallest absolute Gasteiger partial charge is 0.227 e. The number of hydrogen-bond donors (Lipinski definition) is 2. The van der Waals surface area contributed by atoms with Crippen molar-refractivity contribution in [2.45, 2.75) is 66.2 Å². The van der Waals surface area contributed by atoms with Gasteiger partial charge in [0.15, 0.2) is 0 Å². The second-order valence-corrected chi connectivity index (χ2v) is 10.5. The lowest BCUT2D eigenvalue weighted by molar-refractivity contribution is 0.106. The van der Waals surface area contributed by atoms with Gasteiger partial charge in [0.2, 0.25) is 10.2 Å². The third kappa shape index (κ3) is 5.02. The Morgan fingerprint density at radius 3 is 1.28 bits per heavy atom. The van der Waals surface area contributed by atoms with E-state index in [9.17, 15) is 19.8 Å². The van der Waals surface area contributed by atoms with Crippen LogP contribution in [0.5, 0.6) is 11.5 Å². The first-order chi connectivity index (χ1) is 13.1. The summed E-state index contributed by atoms with van der Waals surface area (Å²) in [5.41, 5.74) is 2.64. The highest BCUT2D eigenvalue weighted by Crippen LogP contribution is 2.37. The Bertz CT molecular complexity index is 896. The minimum absolute atomic E-state index is 0.175. The molecule has 0 heterocycles. The molecule has 0 saturated carbocycles. The maximum atomic E-state index is 12.8. The van der Waals surface area contributed by atoms with E-state index < -0.39 is 0 Å². The summed E-state index contributed by atoms with van der Waals surface area (Å²) in [5.74, 6) is 0.351. The molecule has 156 valence electrons. The van der Waals surface area contributed by atoms with Crippen LogP contribution in [0.4, 0.5) is 0 Å². The van der Waals surface area contributed by atoms with Crippen molar-refractivity contribution in [3.63, 3.8) is 0 Å². The van der Waals surface area contributed by atoms with E-state index in [2.05, 4.69) is 0 Å². The molecule has 0 aliphatic heterocycles. The Labute approximate surface area is 177 Å². The van der Waals surface area contributed by atoms with Crippen molar-refractivity contribution in [2.75, 3.05) is 0 Å². The molecule has 2 N–H and O–H groups in total. The maximum Gasteiger partial charge on any atom is 0.227 e. The van der Waals surface area contributed by atoms with E-state index >= 15 is 0 Å². The predicted molar refractivity (Wildman–Crippen MR) is 119 cm³/mol. The van der Waals surface area contributed by atoms with Gasteiger partial charge in [0.25, 0.3) is 0 Å². The van der Waals surface area contributed by atoms with Gasteiger partial charge in [-0.15, -0.1) is 0 Å². The largest absolute Gasteiger partial charge is 0.507 e. The van der Waals surface area contributed by atoms with Crippen molar-refractivity contribution in [3.8, 4) is 11.5 Å². The lowest BCUT2D eigenvalue weighted by Crippen LogP contribution is -2.14. The average Bonchev–Trinajstić information content (AvgIpc) is 2.57. The molecule has 0 bridgehead atoms. The van der Waals surface area contributed by atoms with Gasteiger partial charge in [-0.3, -0.25) is 9.59 Å². The Morgan fingerprint density at radius 2 is 1.00 bits per heavy atom. The Hall–Kier alpha value is -2.27. The van der Waals surface area contributed by atoms with Gasteiger partial charge in [-0.25, -0.2) is 0 Å². The SMILES string of the molecule is Cc1cc(C(=O)SC(=O)c2cc(C)c(O)c(C(C)(C)C)c2)cc(C(C)(C)C)c1O. The molecule has 2 aromatic carbocycles. The first-order valence-electron chi connectivity index (χ1n) is 9.57. The van der Waals surface area contributed by atoms with Gasteiger partial charge in [0.05, 0.1) is 0 Å². The van der Waals surface area contributed by atoms with Gasteiger partial charge in [-0.2, -0.15) is 0 Å². The van der Waals surface area contributed by atoms with Crippen molar-refractivity contribution in [3.05, 3.63) is 57.6 Å². The van der Waals surface area contributed by atoms with Crippen LogP contribution < -0.4 is 0 Å². The molecule has 4 nitrogen and oxygen atoms in total. The molecule has 2 aromatic rings. The molecule has 2 rings (SSSR count). The van der Waals surface area contributed by atoms with Gasteiger partial charge in [-0.05, 0) is 71.8 Å². The fourth-order valence-electron chi connectivity index (χ4n) is 3.14. The van der Waals surface area contributed by atoms with E-state index in [-0.39, 0.29) is 32.6 Å². The molecule has 0 amide bonds. The van der Waals surface area contributed by atoms with E-state index in [1.165, 1.54) is 0 Å². The Kier molecular flexibility index (Phi) is 6.24. The summed E-state index contributed by atoms with van der Waals surface area (Å²) in [7, 11) is 0. The molecular formula is C24H30O4S. The van der Waals surface area contributed by atoms with Crippen LogP contribution in [0.2, 0.25) is 0 Å². The quantitative estimate of drug-likeness (QED) is 0.628. The van der Waals surface area contributed by atoms with Crippen LogP contribution in [0.1, 0.15) is 84.5 Å². The highest BCUT2D eigenvalue weighted by Gasteiger charge is 2.25. The van der Waals surface area contributed by atoms with Crippen molar-refractivity contribution in [2.24, 2.45) is 0 Å². The highest BCUT2D eigenvalue weighted by atomic mass is 32.2. The first-order valence-corrected chi connectivity index (χ1v) is 10.4. The number of phenols is 2. The topological polar surface area (TPSA) is 74.6 Å². The van der Waals surface area contributed by atoms with Crippen LogP contribution in [-0.2, 0) is 10.8 Å². The highest BCUT2D eigenvalue weighted by molar-refractivity contribution is 8.26. The van der Waals surface area contributed by atoms with Crippen molar-refractivity contribution in [1.82, 2.24) is 0 Å². The third-order valence-corrected chi connectivity index (χ3v) is 5.72. The molecular weight excluding hydrogens is 384 g/mol. The predicted octanol–water partition coefficient (Wildman–Crippen LogP) is 6.02. The minimum atomic E-state index is -0.369. The van der Waals surface area contributed by atoms with E-state index in [4.69, 9.17) is 0 Å². The van der Waals surface area contributed by atoms with Gasteiger partial charge < -0.3 is 10.2 Å². The van der Waals surface area contributed by atoms with E-state index in [0.717, 1.165) is 0 Å². The Morgan fingerprint density at radius 1 is 0.690 bits per heavy atom. The number of hydrogen-bond acceptors (Lipinski definition) is 5. The van der Waals surface area contributed by atoms with E-state index in [0.29, 0.717) is 45.1 Å². The number of aryl methyl sites for hydroxylation is 2. The van der Waals surface area contributed by atoms with Gasteiger partial charge >= 0.3 is 0 Å². The summed E-state index contributed by atoms with van der Waals surface area (Å²) in [4.78, 5) is 25.6. The lowest BCUT2D eigenvalue weighted by Gasteiger charge is -2.23. The summed E-state index contributed by atoms with van der Waals surface area (Å²) in [5, 5.41) is 20.0. The summed E-state index contributed by atoms with van der Waals surface area (Å²) < 4.78 is 0. The summed E-state index contributed by atoms with van der Waals surface area (Å²) in [6.45, 7) is 15.2. The van der Waals surface area contributed by atoms with Crippen molar-refractivity contribution in [1.29, 1.82) is 0 Å². The molecule has 0 fully saturated rings. The molecule has 5 heteroatoms.